The van der Waals surface area contributed by atoms with Gasteiger partial charge in [0.05, 0.1) is 25.2 Å². The van der Waals surface area contributed by atoms with E-state index in [4.69, 9.17) is 24.2 Å². The molecule has 0 aliphatic carbocycles. The van der Waals surface area contributed by atoms with Gasteiger partial charge in [0.15, 0.2) is 0 Å². The lowest BCUT2D eigenvalue weighted by molar-refractivity contribution is -0.135. The molecular weight excluding hydrogens is 416 g/mol. The Labute approximate surface area is 187 Å². The summed E-state index contributed by atoms with van der Waals surface area (Å²) in [5, 5.41) is 11.8. The smallest absolute Gasteiger partial charge is 0.251 e. The number of para-hydroxylation sites is 1. The Hall–Kier alpha value is -2.98. The van der Waals surface area contributed by atoms with E-state index in [0.29, 0.717) is 23.7 Å². The van der Waals surface area contributed by atoms with Crippen molar-refractivity contribution in [3.05, 3.63) is 60.2 Å². The van der Waals surface area contributed by atoms with Crippen LogP contribution in [0.3, 0.4) is 0 Å². The van der Waals surface area contributed by atoms with Gasteiger partial charge in [-0.2, -0.15) is 0 Å². The van der Waals surface area contributed by atoms with Crippen molar-refractivity contribution in [2.45, 2.75) is 19.4 Å². The van der Waals surface area contributed by atoms with Gasteiger partial charge >= 0.3 is 0 Å². The molecule has 0 spiro atoms. The van der Waals surface area contributed by atoms with Crippen molar-refractivity contribution < 1.29 is 33.7 Å². The van der Waals surface area contributed by atoms with Crippen LogP contribution in [0, 0.1) is 5.92 Å². The standard InChI is InChI=1S/C23H30N2O7/c1-3-30-16-31-15-19(13-18(14-29-2)23(27)25-28)24-22(26)17-9-11-21(12-10-17)32-20-7-5-4-6-8-20/h4-12,18-19,28H,3,13-16H2,1-2H3,(H,24,26)(H,25,27). The lowest BCUT2D eigenvalue weighted by atomic mass is 10.00. The van der Waals surface area contributed by atoms with Gasteiger partial charge in [-0.15, -0.1) is 0 Å². The molecule has 0 bridgehead atoms. The van der Waals surface area contributed by atoms with Crippen LogP contribution in [0.5, 0.6) is 11.5 Å². The van der Waals surface area contributed by atoms with Gasteiger partial charge in [0.25, 0.3) is 5.91 Å². The van der Waals surface area contributed by atoms with Crippen LogP contribution in [0.2, 0.25) is 0 Å². The maximum atomic E-state index is 12.8. The monoisotopic (exact) mass is 446 g/mol. The molecule has 0 heterocycles. The Morgan fingerprint density at radius 1 is 0.969 bits per heavy atom. The van der Waals surface area contributed by atoms with Crippen LogP contribution in [0.25, 0.3) is 0 Å². The second-order valence-electron chi connectivity index (χ2n) is 6.96. The Kier molecular flexibility index (Phi) is 11.2. The summed E-state index contributed by atoms with van der Waals surface area (Å²) < 4.78 is 21.4. The van der Waals surface area contributed by atoms with E-state index < -0.39 is 17.9 Å². The van der Waals surface area contributed by atoms with Gasteiger partial charge in [-0.3, -0.25) is 14.8 Å². The number of amides is 2. The maximum Gasteiger partial charge on any atom is 0.251 e. The average Bonchev–Trinajstić information content (AvgIpc) is 2.82. The van der Waals surface area contributed by atoms with E-state index >= 15 is 0 Å². The zero-order valence-corrected chi connectivity index (χ0v) is 18.3. The number of hydrogen-bond acceptors (Lipinski definition) is 7. The molecule has 0 radical (unpaired) electrons. The molecule has 2 rings (SSSR count). The van der Waals surface area contributed by atoms with Crippen molar-refractivity contribution in [1.29, 1.82) is 0 Å². The number of methoxy groups -OCH3 is 1. The van der Waals surface area contributed by atoms with Crippen LogP contribution in [-0.4, -0.2) is 56.8 Å². The predicted molar refractivity (Wildman–Crippen MR) is 117 cm³/mol. The highest BCUT2D eigenvalue weighted by Crippen LogP contribution is 2.21. The normalized spacial score (nSPS) is 12.6. The lowest BCUT2D eigenvalue weighted by Crippen LogP contribution is -2.43. The zero-order chi connectivity index (χ0) is 23.2. The SMILES string of the molecule is CCOCOCC(CC(COC)C(=O)NO)NC(=O)c1ccc(Oc2ccccc2)cc1. The molecule has 2 unspecified atom stereocenters. The third-order valence-corrected chi connectivity index (χ3v) is 4.54. The molecule has 0 aliphatic heterocycles. The molecular formula is C23H30N2O7. The highest BCUT2D eigenvalue weighted by Gasteiger charge is 2.25. The largest absolute Gasteiger partial charge is 0.457 e. The molecule has 0 saturated heterocycles. The number of carbonyl (C=O) groups excluding carboxylic acids is 2. The van der Waals surface area contributed by atoms with Crippen LogP contribution in [0.15, 0.2) is 54.6 Å². The summed E-state index contributed by atoms with van der Waals surface area (Å²) in [6.45, 7) is 2.60. The number of hydrogen-bond donors (Lipinski definition) is 3. The molecule has 2 aromatic rings. The van der Waals surface area contributed by atoms with E-state index in [1.165, 1.54) is 7.11 Å². The fraction of sp³-hybridized carbons (Fsp3) is 0.391. The van der Waals surface area contributed by atoms with Gasteiger partial charge in [0.1, 0.15) is 18.3 Å². The molecule has 0 aliphatic rings. The highest BCUT2D eigenvalue weighted by molar-refractivity contribution is 5.94. The van der Waals surface area contributed by atoms with Gasteiger partial charge < -0.3 is 24.3 Å². The topological polar surface area (TPSA) is 115 Å². The number of ether oxygens (including phenoxy) is 4. The zero-order valence-electron chi connectivity index (χ0n) is 18.3. The third-order valence-electron chi connectivity index (χ3n) is 4.54. The fourth-order valence-electron chi connectivity index (χ4n) is 2.96. The first-order valence-electron chi connectivity index (χ1n) is 10.3. The molecule has 3 N–H and O–H groups in total. The molecule has 0 saturated carbocycles. The molecule has 0 aromatic heterocycles. The van der Waals surface area contributed by atoms with E-state index in [1.54, 1.807) is 29.7 Å². The average molecular weight is 447 g/mol. The minimum absolute atomic E-state index is 0.0650. The molecule has 9 nitrogen and oxygen atoms in total. The van der Waals surface area contributed by atoms with E-state index in [0.717, 1.165) is 0 Å². The third kappa shape index (κ3) is 8.64. The number of carbonyl (C=O) groups is 2. The van der Waals surface area contributed by atoms with Crippen molar-refractivity contribution in [2.24, 2.45) is 5.92 Å². The van der Waals surface area contributed by atoms with Gasteiger partial charge in [0, 0.05) is 19.3 Å². The summed E-state index contributed by atoms with van der Waals surface area (Å²) in [6, 6.07) is 15.5. The van der Waals surface area contributed by atoms with E-state index in [2.05, 4.69) is 5.32 Å². The Balaban J connectivity index is 2.02. The summed E-state index contributed by atoms with van der Waals surface area (Å²) in [5.74, 6) is -0.306. The van der Waals surface area contributed by atoms with Crippen molar-refractivity contribution in [2.75, 3.05) is 33.7 Å². The first-order valence-corrected chi connectivity index (χ1v) is 10.3. The minimum atomic E-state index is -0.673. The van der Waals surface area contributed by atoms with Gasteiger partial charge in [-0.1, -0.05) is 18.2 Å². The van der Waals surface area contributed by atoms with Gasteiger partial charge in [-0.25, -0.2) is 5.48 Å². The van der Waals surface area contributed by atoms with Crippen molar-refractivity contribution >= 4 is 11.8 Å². The molecule has 9 heteroatoms. The Bertz CT molecular complexity index is 815. The molecule has 0 fully saturated rings. The fourth-order valence-corrected chi connectivity index (χ4v) is 2.96. The summed E-state index contributed by atoms with van der Waals surface area (Å²) >= 11 is 0. The van der Waals surface area contributed by atoms with Crippen LogP contribution in [0.4, 0.5) is 0 Å². The maximum absolute atomic E-state index is 12.8. The molecule has 2 aromatic carbocycles. The van der Waals surface area contributed by atoms with Crippen molar-refractivity contribution in [3.8, 4) is 11.5 Å². The first-order chi connectivity index (χ1) is 15.6. The number of nitrogens with one attached hydrogen (secondary N) is 2. The summed E-state index contributed by atoms with van der Waals surface area (Å²) in [4.78, 5) is 24.7. The quantitative estimate of drug-likeness (QED) is 0.177. The number of hydroxylamine groups is 1. The van der Waals surface area contributed by atoms with Crippen molar-refractivity contribution in [1.82, 2.24) is 10.8 Å². The van der Waals surface area contributed by atoms with E-state index in [1.807, 2.05) is 37.3 Å². The van der Waals surface area contributed by atoms with Gasteiger partial charge in [0.2, 0.25) is 5.91 Å². The first kappa shape index (κ1) is 25.3. The Morgan fingerprint density at radius 2 is 1.66 bits per heavy atom. The lowest BCUT2D eigenvalue weighted by Gasteiger charge is -2.23. The van der Waals surface area contributed by atoms with Crippen LogP contribution in [-0.2, 0) is 19.0 Å². The molecule has 32 heavy (non-hydrogen) atoms. The molecule has 2 amide bonds. The van der Waals surface area contributed by atoms with Crippen LogP contribution < -0.4 is 15.5 Å². The minimum Gasteiger partial charge on any atom is -0.457 e. The second-order valence-corrected chi connectivity index (χ2v) is 6.96. The van der Waals surface area contributed by atoms with Crippen LogP contribution >= 0.6 is 0 Å². The summed E-state index contributed by atoms with van der Waals surface area (Å²) in [7, 11) is 1.45. The predicted octanol–water partition coefficient (Wildman–Crippen LogP) is 2.75. The number of rotatable bonds is 14. The van der Waals surface area contributed by atoms with Gasteiger partial charge in [-0.05, 0) is 49.7 Å². The summed E-state index contributed by atoms with van der Waals surface area (Å²) in [6.07, 6.45) is 0.202. The Morgan fingerprint density at radius 3 is 2.28 bits per heavy atom. The van der Waals surface area contributed by atoms with E-state index in [-0.39, 0.29) is 32.3 Å². The second kappa shape index (κ2) is 14.2. The van der Waals surface area contributed by atoms with E-state index in [9.17, 15) is 9.59 Å². The number of benzene rings is 2. The molecule has 174 valence electrons. The molecule has 2 atom stereocenters. The highest BCUT2D eigenvalue weighted by atomic mass is 16.7. The van der Waals surface area contributed by atoms with Crippen LogP contribution in [0.1, 0.15) is 23.7 Å². The summed E-state index contributed by atoms with van der Waals surface area (Å²) in [5.41, 5.74) is 2.06. The van der Waals surface area contributed by atoms with Crippen molar-refractivity contribution in [3.63, 3.8) is 0 Å².